The van der Waals surface area contributed by atoms with Crippen molar-refractivity contribution in [3.63, 3.8) is 0 Å². The number of hydrogen-bond donors (Lipinski definition) is 1. The number of carbonyl (C=O) groups excluding carboxylic acids is 2. The highest BCUT2D eigenvalue weighted by molar-refractivity contribution is 5.96. The van der Waals surface area contributed by atoms with E-state index in [0.717, 1.165) is 32.3 Å². The van der Waals surface area contributed by atoms with Crippen LogP contribution >= 0.6 is 0 Å². The molecular formula is C28H38O5. The van der Waals surface area contributed by atoms with E-state index in [0.29, 0.717) is 5.92 Å². The van der Waals surface area contributed by atoms with Crippen molar-refractivity contribution in [1.82, 2.24) is 0 Å². The number of hydrogen-bond acceptors (Lipinski definition) is 5. The summed E-state index contributed by atoms with van der Waals surface area (Å²) in [7, 11) is 0. The number of aliphatic hydroxyl groups excluding tert-OH is 1. The molecule has 33 heavy (non-hydrogen) atoms. The minimum atomic E-state index is -0.930. The van der Waals surface area contributed by atoms with Gasteiger partial charge < -0.3 is 14.6 Å². The van der Waals surface area contributed by atoms with Gasteiger partial charge in [0.15, 0.2) is 5.78 Å². The monoisotopic (exact) mass is 454 g/mol. The Hall–Kier alpha value is -1.88. The molecule has 5 nitrogen and oxygen atoms in total. The summed E-state index contributed by atoms with van der Waals surface area (Å²) in [6.07, 6.45) is 10.4. The van der Waals surface area contributed by atoms with E-state index in [1.165, 1.54) is 18.1 Å². The molecule has 0 spiro atoms. The molecule has 4 aliphatic carbocycles. The zero-order valence-electron chi connectivity index (χ0n) is 20.8. The maximum atomic E-state index is 12.9. The third kappa shape index (κ3) is 2.81. The molecule has 0 saturated heterocycles. The third-order valence-corrected chi connectivity index (χ3v) is 10.4. The van der Waals surface area contributed by atoms with Crippen molar-refractivity contribution in [1.29, 1.82) is 0 Å². The van der Waals surface area contributed by atoms with Crippen LogP contribution in [-0.2, 0) is 19.1 Å². The largest absolute Gasteiger partial charge is 0.501 e. The minimum Gasteiger partial charge on any atom is -0.501 e. The van der Waals surface area contributed by atoms with Crippen LogP contribution in [0.1, 0.15) is 67.2 Å². The van der Waals surface area contributed by atoms with Gasteiger partial charge in [-0.1, -0.05) is 52.3 Å². The van der Waals surface area contributed by atoms with Gasteiger partial charge in [-0.15, -0.1) is 0 Å². The Bertz CT molecular complexity index is 988. The summed E-state index contributed by atoms with van der Waals surface area (Å²) in [4.78, 5) is 25.2. The van der Waals surface area contributed by atoms with Crippen molar-refractivity contribution in [2.24, 2.45) is 39.4 Å². The highest BCUT2D eigenvalue weighted by Crippen LogP contribution is 2.72. The van der Waals surface area contributed by atoms with E-state index in [-0.39, 0.29) is 34.4 Å². The van der Waals surface area contributed by atoms with Crippen molar-refractivity contribution in [2.75, 3.05) is 6.61 Å². The van der Waals surface area contributed by atoms with Crippen LogP contribution in [0.5, 0.6) is 0 Å². The summed E-state index contributed by atoms with van der Waals surface area (Å²) < 4.78 is 11.6. The number of carbonyl (C=O) groups is 2. The summed E-state index contributed by atoms with van der Waals surface area (Å²) in [5.74, 6) is -0.139. The average Bonchev–Trinajstić information content (AvgIpc) is 3.36. The van der Waals surface area contributed by atoms with E-state index >= 15 is 0 Å². The first-order valence-corrected chi connectivity index (χ1v) is 12.5. The summed E-state index contributed by atoms with van der Waals surface area (Å²) >= 11 is 0. The first kappa shape index (κ1) is 22.9. The second-order valence-corrected chi connectivity index (χ2v) is 12.3. The fourth-order valence-corrected chi connectivity index (χ4v) is 9.05. The van der Waals surface area contributed by atoms with Crippen LogP contribution < -0.4 is 0 Å². The predicted molar refractivity (Wildman–Crippen MR) is 125 cm³/mol. The second kappa shape index (κ2) is 7.07. The van der Waals surface area contributed by atoms with Crippen LogP contribution in [0.25, 0.3) is 0 Å². The first-order chi connectivity index (χ1) is 15.4. The SMILES string of the molecule is CC(=O)O[C@@H]1[C@H](O)C2C(C)(C)C(=O)C=C[C@]2(C)[C@H]2CC[C@]3(C)C(=CC[C@H]3C3=COCC3)[C@]12C. The molecule has 5 rings (SSSR count). The molecule has 5 aliphatic rings. The molecule has 2 saturated carbocycles. The van der Waals surface area contributed by atoms with Gasteiger partial charge in [0.1, 0.15) is 6.10 Å². The zero-order valence-corrected chi connectivity index (χ0v) is 20.8. The Balaban J connectivity index is 1.67. The number of fused-ring (bicyclic) bond motifs is 5. The Morgan fingerprint density at radius 1 is 1.21 bits per heavy atom. The Kier molecular flexibility index (Phi) is 4.90. The van der Waals surface area contributed by atoms with Crippen molar-refractivity contribution in [3.05, 3.63) is 35.6 Å². The summed E-state index contributed by atoms with van der Waals surface area (Å²) in [5, 5.41) is 11.9. The molecule has 1 heterocycles. The van der Waals surface area contributed by atoms with Gasteiger partial charge in [0.05, 0.1) is 19.0 Å². The van der Waals surface area contributed by atoms with Gasteiger partial charge in [0, 0.05) is 30.1 Å². The Morgan fingerprint density at radius 2 is 1.94 bits per heavy atom. The summed E-state index contributed by atoms with van der Waals surface area (Å²) in [5.41, 5.74) is 1.01. The topological polar surface area (TPSA) is 72.8 Å². The quantitative estimate of drug-likeness (QED) is 0.481. The normalized spacial score (nSPS) is 47.6. The standard InChI is InChI=1S/C28H38O5/c1-16(29)33-24-22(31)23-25(2,3)21(30)10-13-27(23,5)20-9-12-26(4)18(17-11-14-32-15-17)7-8-19(26)28(20,24)6/h8,10,13,15,18,20,22-24,31H,7,9,11-12,14H2,1-6H3/t18-,20+,22+,23?,24+,26-,27+,28-/m0/s1. The molecular weight excluding hydrogens is 416 g/mol. The predicted octanol–water partition coefficient (Wildman–Crippen LogP) is 4.75. The van der Waals surface area contributed by atoms with Crippen molar-refractivity contribution in [2.45, 2.75) is 79.4 Å². The second-order valence-electron chi connectivity index (χ2n) is 12.3. The highest BCUT2D eigenvalue weighted by atomic mass is 16.6. The number of allylic oxidation sites excluding steroid dienone is 3. The molecule has 1 N–H and O–H groups in total. The van der Waals surface area contributed by atoms with Crippen molar-refractivity contribution >= 4 is 11.8 Å². The summed E-state index contributed by atoms with van der Waals surface area (Å²) in [6.45, 7) is 12.8. The van der Waals surface area contributed by atoms with E-state index < -0.39 is 23.0 Å². The lowest BCUT2D eigenvalue weighted by Gasteiger charge is -2.67. The molecule has 0 aromatic carbocycles. The summed E-state index contributed by atoms with van der Waals surface area (Å²) in [6, 6.07) is 0. The Morgan fingerprint density at radius 3 is 2.58 bits per heavy atom. The van der Waals surface area contributed by atoms with Crippen molar-refractivity contribution in [3.8, 4) is 0 Å². The fourth-order valence-electron chi connectivity index (χ4n) is 9.05. The molecule has 5 heteroatoms. The van der Waals surface area contributed by atoms with E-state index in [1.807, 2.05) is 20.1 Å². The van der Waals surface area contributed by atoms with Crippen LogP contribution in [0, 0.1) is 39.4 Å². The molecule has 0 aromatic heterocycles. The number of esters is 1. The molecule has 1 aliphatic heterocycles. The number of rotatable bonds is 2. The van der Waals surface area contributed by atoms with E-state index in [4.69, 9.17) is 9.47 Å². The van der Waals surface area contributed by atoms with E-state index in [2.05, 4.69) is 32.9 Å². The highest BCUT2D eigenvalue weighted by Gasteiger charge is 2.71. The lowest BCUT2D eigenvalue weighted by atomic mass is 9.37. The van der Waals surface area contributed by atoms with Crippen LogP contribution in [-0.4, -0.2) is 35.7 Å². The van der Waals surface area contributed by atoms with Gasteiger partial charge in [-0.2, -0.15) is 0 Å². The maximum absolute atomic E-state index is 12.9. The molecule has 0 aromatic rings. The molecule has 2 fully saturated rings. The van der Waals surface area contributed by atoms with Gasteiger partial charge >= 0.3 is 5.97 Å². The van der Waals surface area contributed by atoms with Crippen molar-refractivity contribution < 1.29 is 24.2 Å². The molecule has 0 amide bonds. The fraction of sp³-hybridized carbons (Fsp3) is 0.714. The maximum Gasteiger partial charge on any atom is 0.303 e. The zero-order chi connectivity index (χ0) is 24.0. The molecule has 8 atom stereocenters. The lowest BCUT2D eigenvalue weighted by molar-refractivity contribution is -0.228. The van der Waals surface area contributed by atoms with E-state index in [9.17, 15) is 14.7 Å². The smallest absolute Gasteiger partial charge is 0.303 e. The molecule has 1 unspecified atom stereocenters. The van der Waals surface area contributed by atoms with Gasteiger partial charge in [-0.3, -0.25) is 9.59 Å². The molecule has 180 valence electrons. The first-order valence-electron chi connectivity index (χ1n) is 12.5. The molecule has 0 radical (unpaired) electrons. The third-order valence-electron chi connectivity index (χ3n) is 10.4. The van der Waals surface area contributed by atoms with Gasteiger partial charge in [0.25, 0.3) is 0 Å². The average molecular weight is 455 g/mol. The van der Waals surface area contributed by atoms with Crippen LogP contribution in [0.3, 0.4) is 0 Å². The molecule has 0 bridgehead atoms. The van der Waals surface area contributed by atoms with Gasteiger partial charge in [-0.25, -0.2) is 0 Å². The lowest BCUT2D eigenvalue weighted by Crippen LogP contribution is -2.70. The van der Waals surface area contributed by atoms with Crippen LogP contribution in [0.15, 0.2) is 35.6 Å². The number of ketones is 1. The van der Waals surface area contributed by atoms with Crippen LogP contribution in [0.2, 0.25) is 0 Å². The van der Waals surface area contributed by atoms with E-state index in [1.54, 1.807) is 6.08 Å². The van der Waals surface area contributed by atoms with Crippen LogP contribution in [0.4, 0.5) is 0 Å². The number of ether oxygens (including phenoxy) is 2. The number of aliphatic hydroxyl groups is 1. The van der Waals surface area contributed by atoms with Gasteiger partial charge in [0.2, 0.25) is 0 Å². The minimum absolute atomic E-state index is 0.0307. The van der Waals surface area contributed by atoms with Gasteiger partial charge in [-0.05, 0) is 53.6 Å². The Labute approximate surface area is 197 Å².